The lowest BCUT2D eigenvalue weighted by molar-refractivity contribution is 0.0662. The maximum Gasteiger partial charge on any atom is 0.374 e. The molecular weight excluding hydrogens is 136 g/mol. The van der Waals surface area contributed by atoms with Crippen molar-refractivity contribution in [1.29, 1.82) is 5.26 Å². The summed E-state index contributed by atoms with van der Waals surface area (Å²) in [6.45, 7) is 0. The molecule has 1 aromatic heterocycles. The molecule has 0 fully saturated rings. The number of aromatic nitrogens is 1. The number of hydrogen-bond acceptors (Lipinski definition) is 4. The zero-order valence-corrected chi connectivity index (χ0v) is 4.74. The Hall–Kier alpha value is -1.83. The second-order valence-corrected chi connectivity index (χ2v) is 1.45. The molecule has 0 saturated carbocycles. The minimum atomic E-state index is -1.28. The molecule has 0 amide bonds. The van der Waals surface area contributed by atoms with E-state index in [1.54, 1.807) is 6.07 Å². The molecule has 0 saturated heterocycles. The summed E-state index contributed by atoms with van der Waals surface area (Å²) in [7, 11) is 0. The number of aromatic carboxylic acids is 1. The topological polar surface area (TPSA) is 87.1 Å². The minimum absolute atomic E-state index is 0.201. The summed E-state index contributed by atoms with van der Waals surface area (Å²) in [5.41, 5.74) is -0.201. The van der Waals surface area contributed by atoms with Crippen LogP contribution < -0.4 is 0 Å². The van der Waals surface area contributed by atoms with Crippen LogP contribution in [-0.4, -0.2) is 16.1 Å². The number of nitrogens with zero attached hydrogens (tertiary/aromatic N) is 2. The fourth-order valence-corrected chi connectivity index (χ4v) is 0.478. The molecule has 50 valence electrons. The van der Waals surface area contributed by atoms with Crippen molar-refractivity contribution >= 4 is 5.97 Å². The molecule has 1 rings (SSSR count). The molecule has 1 heterocycles. The van der Waals surface area contributed by atoms with Crippen molar-refractivity contribution in [2.24, 2.45) is 0 Å². The first-order chi connectivity index (χ1) is 4.75. The van der Waals surface area contributed by atoms with Crippen LogP contribution in [0.25, 0.3) is 0 Å². The Morgan fingerprint density at radius 1 is 1.90 bits per heavy atom. The molecule has 5 nitrogen and oxygen atoms in total. The molecule has 0 aliphatic rings. The van der Waals surface area contributed by atoms with Gasteiger partial charge in [0.05, 0.1) is 0 Å². The monoisotopic (exact) mass is 138 g/mol. The molecule has 0 unspecified atom stereocenters. The van der Waals surface area contributed by atoms with Gasteiger partial charge in [0.2, 0.25) is 5.76 Å². The normalized spacial score (nSPS) is 8.70. The van der Waals surface area contributed by atoms with Crippen LogP contribution in [0.4, 0.5) is 0 Å². The number of nitriles is 1. The summed E-state index contributed by atoms with van der Waals surface area (Å²) in [6, 6.07) is 1.57. The first kappa shape index (κ1) is 6.29. The Morgan fingerprint density at radius 2 is 2.60 bits per heavy atom. The lowest BCUT2D eigenvalue weighted by Crippen LogP contribution is -1.96. The third-order valence-electron chi connectivity index (χ3n) is 0.868. The number of hydrogen-bond donors (Lipinski definition) is 1. The van der Waals surface area contributed by atoms with Crippen molar-refractivity contribution in [1.82, 2.24) is 4.98 Å². The predicted molar refractivity (Wildman–Crippen MR) is 28.2 cm³/mol. The predicted octanol–water partition coefficient (Wildman–Crippen LogP) is 0.244. The van der Waals surface area contributed by atoms with Gasteiger partial charge in [-0.25, -0.2) is 9.78 Å². The van der Waals surface area contributed by atoms with E-state index >= 15 is 0 Å². The molecule has 0 aliphatic heterocycles. The highest BCUT2D eigenvalue weighted by Gasteiger charge is 2.14. The summed E-state index contributed by atoms with van der Waals surface area (Å²) in [5.74, 6) is -1.70. The number of carboxylic acids is 1. The minimum Gasteiger partial charge on any atom is -0.475 e. The highest BCUT2D eigenvalue weighted by molar-refractivity contribution is 5.86. The van der Waals surface area contributed by atoms with Crippen LogP contribution in [-0.2, 0) is 0 Å². The SMILES string of the molecule is N#Cc1ncoc1C(=O)O. The van der Waals surface area contributed by atoms with Crippen LogP contribution in [0.15, 0.2) is 10.8 Å². The van der Waals surface area contributed by atoms with Gasteiger partial charge in [0.1, 0.15) is 6.07 Å². The molecule has 1 N–H and O–H groups in total. The van der Waals surface area contributed by atoms with Crippen molar-refractivity contribution in [2.75, 3.05) is 0 Å². The van der Waals surface area contributed by atoms with Gasteiger partial charge >= 0.3 is 5.97 Å². The van der Waals surface area contributed by atoms with Crippen LogP contribution in [0.3, 0.4) is 0 Å². The number of rotatable bonds is 1. The first-order valence-corrected chi connectivity index (χ1v) is 2.32. The zero-order valence-electron chi connectivity index (χ0n) is 4.74. The van der Waals surface area contributed by atoms with Crippen LogP contribution in [0.2, 0.25) is 0 Å². The lowest BCUT2D eigenvalue weighted by Gasteiger charge is -1.81. The van der Waals surface area contributed by atoms with Gasteiger partial charge in [-0.3, -0.25) is 0 Å². The molecule has 5 heteroatoms. The molecule has 0 aromatic carbocycles. The van der Waals surface area contributed by atoms with Crippen molar-refractivity contribution in [3.05, 3.63) is 17.8 Å². The fraction of sp³-hybridized carbons (Fsp3) is 0. The maximum atomic E-state index is 10.2. The Bertz CT molecular complexity index is 296. The Balaban J connectivity index is 3.17. The van der Waals surface area contributed by atoms with Gasteiger partial charge in [0.15, 0.2) is 12.1 Å². The van der Waals surface area contributed by atoms with Crippen molar-refractivity contribution in [3.8, 4) is 6.07 Å². The molecule has 1 aromatic rings. The number of oxazole rings is 1. The molecule has 0 bridgehead atoms. The summed E-state index contributed by atoms with van der Waals surface area (Å²) in [6.07, 6.45) is 0.919. The molecule has 0 radical (unpaired) electrons. The molecule has 0 spiro atoms. The third kappa shape index (κ3) is 0.821. The van der Waals surface area contributed by atoms with Crippen LogP contribution in [0.5, 0.6) is 0 Å². The van der Waals surface area contributed by atoms with Gasteiger partial charge in [-0.15, -0.1) is 0 Å². The number of carbonyl (C=O) groups is 1. The largest absolute Gasteiger partial charge is 0.475 e. The van der Waals surface area contributed by atoms with E-state index in [9.17, 15) is 4.79 Å². The van der Waals surface area contributed by atoms with E-state index in [1.165, 1.54) is 0 Å². The second-order valence-electron chi connectivity index (χ2n) is 1.45. The van der Waals surface area contributed by atoms with E-state index in [2.05, 4.69) is 9.40 Å². The molecule has 10 heavy (non-hydrogen) atoms. The molecule has 0 aliphatic carbocycles. The average Bonchev–Trinajstić information content (AvgIpc) is 2.33. The van der Waals surface area contributed by atoms with Gasteiger partial charge in [0.25, 0.3) is 0 Å². The van der Waals surface area contributed by atoms with E-state index in [1.807, 2.05) is 0 Å². The van der Waals surface area contributed by atoms with Crippen molar-refractivity contribution < 1.29 is 14.3 Å². The van der Waals surface area contributed by atoms with Crippen LogP contribution in [0, 0.1) is 11.3 Å². The van der Waals surface area contributed by atoms with Crippen LogP contribution in [0.1, 0.15) is 16.2 Å². The van der Waals surface area contributed by atoms with Crippen molar-refractivity contribution in [2.45, 2.75) is 0 Å². The van der Waals surface area contributed by atoms with Gasteiger partial charge in [0, 0.05) is 0 Å². The summed E-state index contributed by atoms with van der Waals surface area (Å²) < 4.78 is 4.38. The highest BCUT2D eigenvalue weighted by atomic mass is 16.4. The Morgan fingerprint density at radius 3 is 3.00 bits per heavy atom. The molecule has 0 atom stereocenters. The van der Waals surface area contributed by atoms with Crippen molar-refractivity contribution in [3.63, 3.8) is 0 Å². The van der Waals surface area contributed by atoms with Crippen LogP contribution >= 0.6 is 0 Å². The van der Waals surface area contributed by atoms with Gasteiger partial charge in [-0.2, -0.15) is 5.26 Å². The average molecular weight is 138 g/mol. The van der Waals surface area contributed by atoms with Gasteiger partial charge < -0.3 is 9.52 Å². The van der Waals surface area contributed by atoms with E-state index in [0.717, 1.165) is 6.39 Å². The molecular formula is C5H2N2O3. The van der Waals surface area contributed by atoms with E-state index in [0.29, 0.717) is 0 Å². The van der Waals surface area contributed by atoms with Gasteiger partial charge in [-0.1, -0.05) is 0 Å². The second kappa shape index (κ2) is 2.19. The Labute approximate surface area is 55.5 Å². The summed E-state index contributed by atoms with van der Waals surface area (Å²) >= 11 is 0. The van der Waals surface area contributed by atoms with E-state index in [4.69, 9.17) is 10.4 Å². The lowest BCUT2D eigenvalue weighted by atomic mass is 10.4. The summed E-state index contributed by atoms with van der Waals surface area (Å²) in [4.78, 5) is 13.5. The van der Waals surface area contributed by atoms with E-state index in [-0.39, 0.29) is 5.69 Å². The smallest absolute Gasteiger partial charge is 0.374 e. The highest BCUT2D eigenvalue weighted by Crippen LogP contribution is 2.03. The quantitative estimate of drug-likeness (QED) is 0.600. The maximum absolute atomic E-state index is 10.2. The Kier molecular flexibility index (Phi) is 1.38. The first-order valence-electron chi connectivity index (χ1n) is 2.32. The third-order valence-corrected chi connectivity index (χ3v) is 0.868. The number of carboxylic acid groups (broad SMARTS) is 1. The summed E-state index contributed by atoms with van der Waals surface area (Å²) in [5, 5.41) is 16.5. The fourth-order valence-electron chi connectivity index (χ4n) is 0.478. The zero-order chi connectivity index (χ0) is 7.56. The van der Waals surface area contributed by atoms with Gasteiger partial charge in [-0.05, 0) is 0 Å². The standard InChI is InChI=1S/C5H2N2O3/c6-1-3-4(5(8)9)10-2-7-3/h2H,(H,8,9). The van der Waals surface area contributed by atoms with E-state index < -0.39 is 11.7 Å².